The maximum absolute atomic E-state index is 6.13. The van der Waals surface area contributed by atoms with Crippen molar-refractivity contribution in [2.75, 3.05) is 6.54 Å². The molecule has 0 aliphatic rings. The zero-order chi connectivity index (χ0) is 13.7. The van der Waals surface area contributed by atoms with Crippen molar-refractivity contribution in [1.82, 2.24) is 10.3 Å². The second-order valence-electron chi connectivity index (χ2n) is 4.28. The molecule has 0 unspecified atom stereocenters. The molecule has 0 amide bonds. The molecule has 100 valence electrons. The second-order valence-corrected chi connectivity index (χ2v) is 4.69. The maximum Gasteiger partial charge on any atom is 0.223 e. The summed E-state index contributed by atoms with van der Waals surface area (Å²) < 4.78 is 5.84. The van der Waals surface area contributed by atoms with Crippen LogP contribution in [0.25, 0.3) is 0 Å². The number of halogens is 1. The standard InChI is InChI=1S/C15H17ClN2O/c1-3-17-10-12-5-4-8-18-15(12)19-14-9-11(2)6-7-13(14)16/h4-9,17H,3,10H2,1-2H3. The van der Waals surface area contributed by atoms with Crippen LogP contribution in [0.4, 0.5) is 0 Å². The third kappa shape index (κ3) is 3.69. The van der Waals surface area contributed by atoms with Crippen molar-refractivity contribution in [2.45, 2.75) is 20.4 Å². The number of aromatic nitrogens is 1. The van der Waals surface area contributed by atoms with Gasteiger partial charge in [0.1, 0.15) is 5.75 Å². The largest absolute Gasteiger partial charge is 0.437 e. The number of nitrogens with one attached hydrogen (secondary N) is 1. The van der Waals surface area contributed by atoms with Crippen LogP contribution >= 0.6 is 11.6 Å². The van der Waals surface area contributed by atoms with E-state index in [1.807, 2.05) is 37.3 Å². The summed E-state index contributed by atoms with van der Waals surface area (Å²) in [6.07, 6.45) is 1.72. The average Bonchev–Trinajstić information content (AvgIpc) is 2.42. The summed E-state index contributed by atoms with van der Waals surface area (Å²) >= 11 is 6.13. The van der Waals surface area contributed by atoms with Gasteiger partial charge in [-0.05, 0) is 37.2 Å². The molecule has 1 heterocycles. The topological polar surface area (TPSA) is 34.2 Å². The van der Waals surface area contributed by atoms with Crippen molar-refractivity contribution in [3.63, 3.8) is 0 Å². The summed E-state index contributed by atoms with van der Waals surface area (Å²) in [4.78, 5) is 4.28. The summed E-state index contributed by atoms with van der Waals surface area (Å²) in [5, 5.41) is 3.85. The van der Waals surface area contributed by atoms with Crippen molar-refractivity contribution in [3.8, 4) is 11.6 Å². The maximum atomic E-state index is 6.13. The van der Waals surface area contributed by atoms with Gasteiger partial charge in [-0.15, -0.1) is 0 Å². The second kappa shape index (κ2) is 6.55. The fraction of sp³-hybridized carbons (Fsp3) is 0.267. The first-order chi connectivity index (χ1) is 9.20. The van der Waals surface area contributed by atoms with Crippen LogP contribution in [0.3, 0.4) is 0 Å². The Morgan fingerprint density at radius 2 is 2.16 bits per heavy atom. The lowest BCUT2D eigenvalue weighted by molar-refractivity contribution is 0.453. The Morgan fingerprint density at radius 1 is 1.32 bits per heavy atom. The molecule has 1 N–H and O–H groups in total. The number of ether oxygens (including phenoxy) is 1. The number of rotatable bonds is 5. The number of pyridine rings is 1. The molecule has 4 heteroatoms. The van der Waals surface area contributed by atoms with E-state index in [2.05, 4.69) is 17.2 Å². The highest BCUT2D eigenvalue weighted by molar-refractivity contribution is 6.32. The van der Waals surface area contributed by atoms with Crippen molar-refractivity contribution in [3.05, 3.63) is 52.7 Å². The van der Waals surface area contributed by atoms with Crippen LogP contribution in [0.15, 0.2) is 36.5 Å². The van der Waals surface area contributed by atoms with Gasteiger partial charge in [0.15, 0.2) is 0 Å². The molecule has 0 atom stereocenters. The number of nitrogens with zero attached hydrogens (tertiary/aromatic N) is 1. The van der Waals surface area contributed by atoms with Gasteiger partial charge in [0.2, 0.25) is 5.88 Å². The number of aryl methyl sites for hydroxylation is 1. The van der Waals surface area contributed by atoms with Crippen molar-refractivity contribution in [2.24, 2.45) is 0 Å². The summed E-state index contributed by atoms with van der Waals surface area (Å²) in [5.74, 6) is 1.23. The van der Waals surface area contributed by atoms with E-state index >= 15 is 0 Å². The highest BCUT2D eigenvalue weighted by atomic mass is 35.5. The fourth-order valence-corrected chi connectivity index (χ4v) is 1.86. The number of hydrogen-bond acceptors (Lipinski definition) is 3. The summed E-state index contributed by atoms with van der Waals surface area (Å²) in [7, 11) is 0. The Bertz CT molecular complexity index is 558. The normalized spacial score (nSPS) is 10.5. The molecule has 0 bridgehead atoms. The molecular weight excluding hydrogens is 260 g/mol. The first kappa shape index (κ1) is 13.8. The predicted molar refractivity (Wildman–Crippen MR) is 77.9 cm³/mol. The molecular formula is C15H17ClN2O. The summed E-state index contributed by atoms with van der Waals surface area (Å²) in [6, 6.07) is 9.59. The lowest BCUT2D eigenvalue weighted by atomic mass is 10.2. The molecule has 2 rings (SSSR count). The SMILES string of the molecule is CCNCc1cccnc1Oc1cc(C)ccc1Cl. The van der Waals surface area contributed by atoms with Crippen LogP contribution in [0.2, 0.25) is 5.02 Å². The molecule has 0 spiro atoms. The third-order valence-electron chi connectivity index (χ3n) is 2.71. The van der Waals surface area contributed by atoms with Gasteiger partial charge in [-0.3, -0.25) is 0 Å². The van der Waals surface area contributed by atoms with Crippen LogP contribution in [-0.2, 0) is 6.54 Å². The quantitative estimate of drug-likeness (QED) is 0.898. The van der Waals surface area contributed by atoms with E-state index in [1.54, 1.807) is 6.20 Å². The van der Waals surface area contributed by atoms with Crippen molar-refractivity contribution < 1.29 is 4.74 Å². The van der Waals surface area contributed by atoms with Gasteiger partial charge in [-0.2, -0.15) is 0 Å². The summed E-state index contributed by atoms with van der Waals surface area (Å²) in [6.45, 7) is 5.69. The van der Waals surface area contributed by atoms with E-state index in [1.165, 1.54) is 0 Å². The molecule has 0 saturated heterocycles. The minimum absolute atomic E-state index is 0.589. The lowest BCUT2D eigenvalue weighted by Gasteiger charge is -2.11. The minimum Gasteiger partial charge on any atom is -0.437 e. The van der Waals surface area contributed by atoms with Gasteiger partial charge < -0.3 is 10.1 Å². The molecule has 0 aliphatic heterocycles. The molecule has 0 fully saturated rings. The smallest absolute Gasteiger partial charge is 0.223 e. The van der Waals surface area contributed by atoms with Gasteiger partial charge in [0.25, 0.3) is 0 Å². The molecule has 1 aromatic heterocycles. The van der Waals surface area contributed by atoms with Gasteiger partial charge in [0, 0.05) is 18.3 Å². The molecule has 0 saturated carbocycles. The number of hydrogen-bond donors (Lipinski definition) is 1. The van der Waals surface area contributed by atoms with Crippen molar-refractivity contribution in [1.29, 1.82) is 0 Å². The molecule has 19 heavy (non-hydrogen) atoms. The zero-order valence-electron chi connectivity index (χ0n) is 11.1. The molecule has 0 aliphatic carbocycles. The molecule has 3 nitrogen and oxygen atoms in total. The van der Waals surface area contributed by atoms with Crippen LogP contribution in [0, 0.1) is 6.92 Å². The van der Waals surface area contributed by atoms with E-state index < -0.39 is 0 Å². The Morgan fingerprint density at radius 3 is 2.95 bits per heavy atom. The predicted octanol–water partition coefficient (Wildman–Crippen LogP) is 3.95. The van der Waals surface area contributed by atoms with Gasteiger partial charge >= 0.3 is 0 Å². The van der Waals surface area contributed by atoms with Gasteiger partial charge in [-0.1, -0.05) is 30.7 Å². The molecule has 0 radical (unpaired) electrons. The van der Waals surface area contributed by atoms with E-state index in [9.17, 15) is 0 Å². The first-order valence-electron chi connectivity index (χ1n) is 6.29. The Kier molecular flexibility index (Phi) is 4.77. The van der Waals surface area contributed by atoms with E-state index in [4.69, 9.17) is 16.3 Å². The van der Waals surface area contributed by atoms with Crippen molar-refractivity contribution >= 4 is 11.6 Å². The van der Waals surface area contributed by atoms with E-state index in [0.29, 0.717) is 16.7 Å². The Labute approximate surface area is 118 Å². The van der Waals surface area contributed by atoms with Crippen LogP contribution < -0.4 is 10.1 Å². The monoisotopic (exact) mass is 276 g/mol. The highest BCUT2D eigenvalue weighted by Crippen LogP contribution is 2.30. The molecule has 2 aromatic rings. The van der Waals surface area contributed by atoms with Crippen LogP contribution in [0.1, 0.15) is 18.1 Å². The van der Waals surface area contributed by atoms with Crippen LogP contribution in [0.5, 0.6) is 11.6 Å². The average molecular weight is 277 g/mol. The summed E-state index contributed by atoms with van der Waals surface area (Å²) in [5.41, 5.74) is 2.12. The molecule has 1 aromatic carbocycles. The van der Waals surface area contributed by atoms with Gasteiger partial charge in [-0.25, -0.2) is 4.98 Å². The van der Waals surface area contributed by atoms with Gasteiger partial charge in [0.05, 0.1) is 5.02 Å². The first-order valence-corrected chi connectivity index (χ1v) is 6.67. The fourth-order valence-electron chi connectivity index (χ4n) is 1.70. The minimum atomic E-state index is 0.589. The highest BCUT2D eigenvalue weighted by Gasteiger charge is 2.08. The van der Waals surface area contributed by atoms with E-state index in [-0.39, 0.29) is 0 Å². The lowest BCUT2D eigenvalue weighted by Crippen LogP contribution is -2.12. The Hall–Kier alpha value is -1.58. The third-order valence-corrected chi connectivity index (χ3v) is 3.02. The Balaban J connectivity index is 2.25. The zero-order valence-corrected chi connectivity index (χ0v) is 11.9. The number of benzene rings is 1. The van der Waals surface area contributed by atoms with E-state index in [0.717, 1.165) is 24.2 Å². The van der Waals surface area contributed by atoms with Crippen LogP contribution in [-0.4, -0.2) is 11.5 Å².